The molecule has 0 spiro atoms. The summed E-state index contributed by atoms with van der Waals surface area (Å²) in [5, 5.41) is 17.4. The molecular formula is C9H11N3O4S. The van der Waals surface area contributed by atoms with Gasteiger partial charge in [0.25, 0.3) is 0 Å². The first kappa shape index (κ1) is 13.2. The number of hydrogen-bond acceptors (Lipinski definition) is 6. The first-order chi connectivity index (χ1) is 8.00. The molecule has 1 heterocycles. The number of nitrogens with zero attached hydrogens (tertiary/aromatic N) is 3. The third-order valence-corrected chi connectivity index (χ3v) is 2.34. The number of carbonyl (C=O) groups is 2. The third-order valence-electron chi connectivity index (χ3n) is 1.51. The number of ether oxygens (including phenoxy) is 1. The Bertz CT molecular complexity index is 416. The van der Waals surface area contributed by atoms with Crippen molar-refractivity contribution in [3.63, 3.8) is 0 Å². The molecule has 0 saturated carbocycles. The molecule has 1 aromatic rings. The first-order valence-electron chi connectivity index (χ1n) is 4.74. The number of aliphatic carboxylic acids is 1. The number of rotatable bonds is 4. The van der Waals surface area contributed by atoms with Crippen LogP contribution in [0.25, 0.3) is 0 Å². The first-order valence-corrected chi connectivity index (χ1v) is 5.62. The van der Waals surface area contributed by atoms with E-state index in [4.69, 9.17) is 5.11 Å². The van der Waals surface area contributed by atoms with Crippen molar-refractivity contribution in [2.24, 2.45) is 10.2 Å². The minimum Gasteiger partial charge on any atom is -0.479 e. The van der Waals surface area contributed by atoms with Gasteiger partial charge < -0.3 is 9.84 Å². The topological polar surface area (TPSA) is 101 Å². The molecule has 0 aromatic carbocycles. The van der Waals surface area contributed by atoms with E-state index in [2.05, 4.69) is 19.9 Å². The van der Waals surface area contributed by atoms with E-state index < -0.39 is 18.1 Å². The van der Waals surface area contributed by atoms with Crippen molar-refractivity contribution in [3.8, 4) is 0 Å². The van der Waals surface area contributed by atoms with Gasteiger partial charge in [-0.25, -0.2) is 14.6 Å². The second-order valence-corrected chi connectivity index (χ2v) is 4.19. The lowest BCUT2D eigenvalue weighted by molar-refractivity contribution is -0.138. The summed E-state index contributed by atoms with van der Waals surface area (Å²) < 4.78 is 4.69. The number of thiazole rings is 1. The van der Waals surface area contributed by atoms with Gasteiger partial charge in [-0.2, -0.15) is 5.11 Å². The van der Waals surface area contributed by atoms with Crippen molar-refractivity contribution in [1.82, 2.24) is 4.98 Å². The van der Waals surface area contributed by atoms with Crippen molar-refractivity contribution in [2.75, 3.05) is 0 Å². The highest BCUT2D eigenvalue weighted by Gasteiger charge is 2.22. The number of aromatic nitrogens is 1. The van der Waals surface area contributed by atoms with E-state index in [0.29, 0.717) is 0 Å². The zero-order valence-electron chi connectivity index (χ0n) is 9.23. The van der Waals surface area contributed by atoms with Crippen LogP contribution >= 0.6 is 11.3 Å². The summed E-state index contributed by atoms with van der Waals surface area (Å²) in [5.41, 5.74) is 0. The molecule has 1 amide bonds. The van der Waals surface area contributed by atoms with Gasteiger partial charge in [-0.05, 0) is 13.8 Å². The summed E-state index contributed by atoms with van der Waals surface area (Å²) in [6.07, 6.45) is 0.213. The summed E-state index contributed by atoms with van der Waals surface area (Å²) in [5.74, 6) is -1.22. The molecule has 0 saturated heterocycles. The van der Waals surface area contributed by atoms with Crippen LogP contribution in [0.15, 0.2) is 21.8 Å². The van der Waals surface area contributed by atoms with Gasteiger partial charge in [-0.1, -0.05) is 5.11 Å². The quantitative estimate of drug-likeness (QED) is 0.833. The third kappa shape index (κ3) is 4.27. The Balaban J connectivity index is 2.72. The van der Waals surface area contributed by atoms with Crippen molar-refractivity contribution < 1.29 is 19.4 Å². The van der Waals surface area contributed by atoms with Gasteiger partial charge >= 0.3 is 12.1 Å². The van der Waals surface area contributed by atoms with Crippen molar-refractivity contribution in [3.05, 3.63) is 16.6 Å². The largest absolute Gasteiger partial charge is 0.479 e. The normalized spacial score (nSPS) is 12.9. The van der Waals surface area contributed by atoms with Gasteiger partial charge in [-0.3, -0.25) is 0 Å². The molecule has 1 atom stereocenters. The number of amides is 1. The summed E-state index contributed by atoms with van der Waals surface area (Å²) in [6, 6.07) is -1.27. The summed E-state index contributed by atoms with van der Waals surface area (Å²) in [7, 11) is 0. The molecule has 1 rings (SSSR count). The molecule has 0 aliphatic heterocycles. The predicted octanol–water partition coefficient (Wildman–Crippen LogP) is 2.27. The summed E-state index contributed by atoms with van der Waals surface area (Å²) in [6.45, 7) is 3.31. The van der Waals surface area contributed by atoms with Gasteiger partial charge in [0.15, 0.2) is 0 Å². The van der Waals surface area contributed by atoms with Crippen LogP contribution in [0.3, 0.4) is 0 Å². The highest BCUT2D eigenvalue weighted by molar-refractivity contribution is 7.09. The lowest BCUT2D eigenvalue weighted by Gasteiger charge is -2.04. The van der Waals surface area contributed by atoms with E-state index in [9.17, 15) is 9.59 Å². The molecule has 17 heavy (non-hydrogen) atoms. The van der Waals surface area contributed by atoms with Gasteiger partial charge in [0, 0.05) is 11.6 Å². The molecule has 1 aromatic heterocycles. The SMILES string of the molecule is CC(C)OC(=O)N=NC(C(=O)O)c1nccs1. The second kappa shape index (κ2) is 6.04. The summed E-state index contributed by atoms with van der Waals surface area (Å²) in [4.78, 5) is 25.8. The zero-order chi connectivity index (χ0) is 12.8. The van der Waals surface area contributed by atoms with Crippen LogP contribution in [0, 0.1) is 0 Å². The predicted molar refractivity (Wildman–Crippen MR) is 59.0 cm³/mol. The van der Waals surface area contributed by atoms with Gasteiger partial charge in [0.1, 0.15) is 5.01 Å². The van der Waals surface area contributed by atoms with Crippen molar-refractivity contribution >= 4 is 23.4 Å². The molecule has 0 radical (unpaired) electrons. The molecule has 0 aliphatic carbocycles. The van der Waals surface area contributed by atoms with Crippen molar-refractivity contribution in [2.45, 2.75) is 26.0 Å². The Labute approximate surface area is 101 Å². The fourth-order valence-electron chi connectivity index (χ4n) is 0.904. The maximum atomic E-state index is 11.1. The number of carbonyl (C=O) groups excluding carboxylic acids is 1. The maximum Gasteiger partial charge on any atom is 0.452 e. The molecule has 0 fully saturated rings. The second-order valence-electron chi connectivity index (χ2n) is 3.26. The van der Waals surface area contributed by atoms with Crippen molar-refractivity contribution in [1.29, 1.82) is 0 Å². The standard InChI is InChI=1S/C9H11N3O4S/c1-5(2)16-9(15)12-11-6(8(13)14)7-10-3-4-17-7/h3-6H,1-2H3,(H,13,14). The fraction of sp³-hybridized carbons (Fsp3) is 0.444. The minimum atomic E-state index is -1.27. The average molecular weight is 257 g/mol. The molecule has 7 nitrogen and oxygen atoms in total. The van der Waals surface area contributed by atoms with Gasteiger partial charge in [-0.15, -0.1) is 11.3 Å². The van der Waals surface area contributed by atoms with Crippen LogP contribution in [-0.4, -0.2) is 28.3 Å². The molecular weight excluding hydrogens is 246 g/mol. The Hall–Kier alpha value is -1.83. The van der Waals surface area contributed by atoms with Crippen LogP contribution in [-0.2, 0) is 9.53 Å². The zero-order valence-corrected chi connectivity index (χ0v) is 10.0. The maximum absolute atomic E-state index is 11.1. The molecule has 0 bridgehead atoms. The highest BCUT2D eigenvalue weighted by atomic mass is 32.1. The van der Waals surface area contributed by atoms with E-state index in [0.717, 1.165) is 11.3 Å². The van der Waals surface area contributed by atoms with Gasteiger partial charge in [0.05, 0.1) is 6.10 Å². The smallest absolute Gasteiger partial charge is 0.452 e. The molecule has 1 unspecified atom stereocenters. The van der Waals surface area contributed by atoms with E-state index in [1.807, 2.05) is 0 Å². The van der Waals surface area contributed by atoms with E-state index >= 15 is 0 Å². The van der Waals surface area contributed by atoms with E-state index in [-0.39, 0.29) is 11.1 Å². The average Bonchev–Trinajstić information content (AvgIpc) is 2.69. The highest BCUT2D eigenvalue weighted by Crippen LogP contribution is 2.20. The fourth-order valence-corrected chi connectivity index (χ4v) is 1.56. The number of hydrogen-bond donors (Lipinski definition) is 1. The Morgan fingerprint density at radius 3 is 2.71 bits per heavy atom. The lowest BCUT2D eigenvalue weighted by Crippen LogP contribution is -2.10. The molecule has 8 heteroatoms. The number of carboxylic acids is 1. The number of carboxylic acid groups (broad SMARTS) is 1. The monoisotopic (exact) mass is 257 g/mol. The van der Waals surface area contributed by atoms with Crippen LogP contribution in [0.2, 0.25) is 0 Å². The minimum absolute atomic E-state index is 0.263. The Morgan fingerprint density at radius 2 is 2.24 bits per heavy atom. The Morgan fingerprint density at radius 1 is 1.53 bits per heavy atom. The molecule has 0 aliphatic rings. The molecule has 1 N–H and O–H groups in total. The van der Waals surface area contributed by atoms with Crippen LogP contribution in [0.4, 0.5) is 4.79 Å². The van der Waals surface area contributed by atoms with E-state index in [1.165, 1.54) is 6.20 Å². The summed E-state index contributed by atoms with van der Waals surface area (Å²) >= 11 is 1.13. The Kier molecular flexibility index (Phi) is 4.70. The van der Waals surface area contributed by atoms with Crippen LogP contribution < -0.4 is 0 Å². The lowest BCUT2D eigenvalue weighted by atomic mass is 10.3. The number of azo groups is 1. The van der Waals surface area contributed by atoms with Gasteiger partial charge in [0.2, 0.25) is 6.04 Å². The van der Waals surface area contributed by atoms with E-state index in [1.54, 1.807) is 19.2 Å². The van der Waals surface area contributed by atoms with Crippen LogP contribution in [0.5, 0.6) is 0 Å². The van der Waals surface area contributed by atoms with Crippen LogP contribution in [0.1, 0.15) is 24.9 Å². The molecule has 92 valence electrons.